The van der Waals surface area contributed by atoms with E-state index in [1.807, 2.05) is 6.92 Å². The van der Waals surface area contributed by atoms with Crippen molar-refractivity contribution in [2.24, 2.45) is 0 Å². The van der Waals surface area contributed by atoms with Crippen molar-refractivity contribution in [3.8, 4) is 11.5 Å². The van der Waals surface area contributed by atoms with Crippen LogP contribution in [0.3, 0.4) is 0 Å². The summed E-state index contributed by atoms with van der Waals surface area (Å²) in [5.74, 6) is -0.0179. The molecular weight excluding hydrogens is 314 g/mol. The Hall–Kier alpha value is -2.44. The molecule has 1 amide bonds. The van der Waals surface area contributed by atoms with Crippen LogP contribution in [-0.2, 0) is 9.53 Å². The van der Waals surface area contributed by atoms with Crippen LogP contribution in [0.5, 0.6) is 11.5 Å². The van der Waals surface area contributed by atoms with Crippen LogP contribution in [0.1, 0.15) is 45.7 Å². The summed E-state index contributed by atoms with van der Waals surface area (Å²) in [7, 11) is 1.52. The third-order valence-corrected chi connectivity index (χ3v) is 2.96. The van der Waals surface area contributed by atoms with Gasteiger partial charge in [-0.2, -0.15) is 0 Å². The summed E-state index contributed by atoms with van der Waals surface area (Å²) in [6, 6.07) is 4.27. The van der Waals surface area contributed by atoms with E-state index in [-0.39, 0.29) is 6.42 Å². The molecule has 7 nitrogen and oxygen atoms in total. The quantitative estimate of drug-likeness (QED) is 0.792. The zero-order valence-electron chi connectivity index (χ0n) is 14.7. The molecule has 2 N–H and O–H groups in total. The minimum atomic E-state index is -1.04. The number of carboxylic acids is 1. The number of methoxy groups -OCH3 is 1. The highest BCUT2D eigenvalue weighted by Gasteiger charge is 2.23. The molecule has 0 aliphatic heterocycles. The van der Waals surface area contributed by atoms with Crippen molar-refractivity contribution in [2.75, 3.05) is 13.7 Å². The Morgan fingerprint density at radius 1 is 1.25 bits per heavy atom. The van der Waals surface area contributed by atoms with Gasteiger partial charge in [0.2, 0.25) is 0 Å². The molecule has 0 spiro atoms. The van der Waals surface area contributed by atoms with Crippen LogP contribution < -0.4 is 14.8 Å². The zero-order chi connectivity index (χ0) is 18.3. The van der Waals surface area contributed by atoms with E-state index in [2.05, 4.69) is 5.32 Å². The predicted molar refractivity (Wildman–Crippen MR) is 88.5 cm³/mol. The Morgan fingerprint density at radius 2 is 1.92 bits per heavy atom. The van der Waals surface area contributed by atoms with Gasteiger partial charge in [-0.25, -0.2) is 4.79 Å². The Balaban J connectivity index is 3.05. The summed E-state index contributed by atoms with van der Waals surface area (Å²) < 4.78 is 15.9. The van der Waals surface area contributed by atoms with E-state index in [1.54, 1.807) is 39.0 Å². The number of carboxylic acid groups (broad SMARTS) is 1. The lowest BCUT2D eigenvalue weighted by molar-refractivity contribution is -0.137. The molecule has 0 unspecified atom stereocenters. The maximum atomic E-state index is 12.0. The third kappa shape index (κ3) is 6.36. The average molecular weight is 339 g/mol. The van der Waals surface area contributed by atoms with Crippen LogP contribution in [0.15, 0.2) is 18.2 Å². The molecule has 0 heterocycles. The van der Waals surface area contributed by atoms with E-state index in [4.69, 9.17) is 19.3 Å². The Bertz CT molecular complexity index is 579. The molecule has 0 radical (unpaired) electrons. The first-order valence-electron chi connectivity index (χ1n) is 7.68. The Morgan fingerprint density at radius 3 is 2.42 bits per heavy atom. The van der Waals surface area contributed by atoms with E-state index >= 15 is 0 Å². The summed E-state index contributed by atoms with van der Waals surface area (Å²) >= 11 is 0. The summed E-state index contributed by atoms with van der Waals surface area (Å²) in [6.07, 6.45) is -0.959. The molecule has 24 heavy (non-hydrogen) atoms. The monoisotopic (exact) mass is 339 g/mol. The summed E-state index contributed by atoms with van der Waals surface area (Å²) in [5.41, 5.74) is -0.0821. The van der Waals surface area contributed by atoms with Crippen molar-refractivity contribution in [3.05, 3.63) is 23.8 Å². The Labute approximate surface area is 141 Å². The number of benzene rings is 1. The first-order chi connectivity index (χ1) is 11.2. The molecule has 7 heteroatoms. The van der Waals surface area contributed by atoms with Gasteiger partial charge in [-0.05, 0) is 45.4 Å². The minimum absolute atomic E-state index is 0.281. The standard InChI is InChI=1S/C17H25NO6/c1-6-23-14-9-11(7-8-13(14)22-5)12(10-15(19)20)18-16(21)24-17(2,3)4/h7-9,12H,6,10H2,1-5H3,(H,18,21)(H,19,20)/t12-/m0/s1. The van der Waals surface area contributed by atoms with Crippen molar-refractivity contribution in [3.63, 3.8) is 0 Å². The second-order valence-electron chi connectivity index (χ2n) is 6.14. The van der Waals surface area contributed by atoms with Crippen molar-refractivity contribution >= 4 is 12.1 Å². The van der Waals surface area contributed by atoms with Crippen LogP contribution >= 0.6 is 0 Å². The third-order valence-electron chi connectivity index (χ3n) is 2.96. The zero-order valence-corrected chi connectivity index (χ0v) is 14.7. The molecule has 0 saturated carbocycles. The molecule has 0 aliphatic carbocycles. The van der Waals surface area contributed by atoms with Gasteiger partial charge in [-0.3, -0.25) is 4.79 Å². The maximum Gasteiger partial charge on any atom is 0.408 e. The highest BCUT2D eigenvalue weighted by atomic mass is 16.6. The number of carbonyl (C=O) groups is 2. The average Bonchev–Trinajstić information content (AvgIpc) is 2.44. The van der Waals surface area contributed by atoms with Gasteiger partial charge in [0.1, 0.15) is 5.60 Å². The molecule has 0 fully saturated rings. The molecule has 1 aromatic carbocycles. The first-order valence-corrected chi connectivity index (χ1v) is 7.68. The lowest BCUT2D eigenvalue weighted by Gasteiger charge is -2.23. The van der Waals surface area contributed by atoms with E-state index in [0.717, 1.165) is 0 Å². The van der Waals surface area contributed by atoms with Crippen LogP contribution in [0.25, 0.3) is 0 Å². The minimum Gasteiger partial charge on any atom is -0.493 e. The van der Waals surface area contributed by atoms with Crippen molar-refractivity contribution < 1.29 is 28.9 Å². The van der Waals surface area contributed by atoms with Crippen LogP contribution in [0.2, 0.25) is 0 Å². The number of carbonyl (C=O) groups excluding carboxylic acids is 1. The molecule has 1 rings (SSSR count). The number of aliphatic carboxylic acids is 1. The number of amides is 1. The smallest absolute Gasteiger partial charge is 0.408 e. The van der Waals surface area contributed by atoms with Crippen molar-refractivity contribution in [1.82, 2.24) is 5.32 Å². The lowest BCUT2D eigenvalue weighted by atomic mass is 10.0. The molecule has 0 aliphatic rings. The second-order valence-corrected chi connectivity index (χ2v) is 6.14. The fourth-order valence-corrected chi connectivity index (χ4v) is 2.05. The number of rotatable bonds is 7. The molecule has 1 atom stereocenters. The molecule has 0 bridgehead atoms. The number of hydrogen-bond acceptors (Lipinski definition) is 5. The van der Waals surface area contributed by atoms with Gasteiger partial charge in [0.15, 0.2) is 11.5 Å². The predicted octanol–water partition coefficient (Wildman–Crippen LogP) is 3.13. The first kappa shape index (κ1) is 19.6. The lowest BCUT2D eigenvalue weighted by Crippen LogP contribution is -2.35. The van der Waals surface area contributed by atoms with E-state index < -0.39 is 23.7 Å². The van der Waals surface area contributed by atoms with Gasteiger partial charge in [-0.1, -0.05) is 6.07 Å². The van der Waals surface area contributed by atoms with Gasteiger partial charge in [-0.15, -0.1) is 0 Å². The van der Waals surface area contributed by atoms with E-state index in [0.29, 0.717) is 23.7 Å². The number of alkyl carbamates (subject to hydrolysis) is 1. The van der Waals surface area contributed by atoms with Gasteiger partial charge in [0.05, 0.1) is 26.2 Å². The van der Waals surface area contributed by atoms with Crippen LogP contribution in [0.4, 0.5) is 4.79 Å². The Kier molecular flexibility index (Phi) is 6.88. The van der Waals surface area contributed by atoms with Gasteiger partial charge < -0.3 is 24.6 Å². The molecule has 1 aromatic rings. The fraction of sp³-hybridized carbons (Fsp3) is 0.529. The number of hydrogen-bond donors (Lipinski definition) is 2. The normalized spacial score (nSPS) is 12.2. The van der Waals surface area contributed by atoms with Gasteiger partial charge in [0.25, 0.3) is 0 Å². The molecule has 0 saturated heterocycles. The van der Waals surface area contributed by atoms with Crippen molar-refractivity contribution in [1.29, 1.82) is 0 Å². The summed E-state index contributed by atoms with van der Waals surface area (Å²) in [4.78, 5) is 23.1. The molecule has 0 aromatic heterocycles. The molecular formula is C17H25NO6. The van der Waals surface area contributed by atoms with Crippen molar-refractivity contribution in [2.45, 2.75) is 45.8 Å². The summed E-state index contributed by atoms with van der Waals surface area (Å²) in [6.45, 7) is 7.47. The highest BCUT2D eigenvalue weighted by molar-refractivity contribution is 5.72. The van der Waals surface area contributed by atoms with E-state index in [1.165, 1.54) is 7.11 Å². The maximum absolute atomic E-state index is 12.0. The number of nitrogens with one attached hydrogen (secondary N) is 1. The van der Waals surface area contributed by atoms with Gasteiger partial charge in [0, 0.05) is 0 Å². The second kappa shape index (κ2) is 8.42. The number of ether oxygens (including phenoxy) is 3. The van der Waals surface area contributed by atoms with E-state index in [9.17, 15) is 9.59 Å². The fourth-order valence-electron chi connectivity index (χ4n) is 2.05. The van der Waals surface area contributed by atoms with Gasteiger partial charge >= 0.3 is 12.1 Å². The largest absolute Gasteiger partial charge is 0.493 e. The SMILES string of the molecule is CCOc1cc([C@H](CC(=O)O)NC(=O)OC(C)(C)C)ccc1OC. The topological polar surface area (TPSA) is 94.1 Å². The van der Waals surface area contributed by atoms with Crippen LogP contribution in [0, 0.1) is 0 Å². The summed E-state index contributed by atoms with van der Waals surface area (Å²) in [5, 5.41) is 11.7. The van der Waals surface area contributed by atoms with Crippen LogP contribution in [-0.4, -0.2) is 36.5 Å². The highest BCUT2D eigenvalue weighted by Crippen LogP contribution is 2.31. The molecule has 134 valence electrons.